The van der Waals surface area contributed by atoms with E-state index in [0.29, 0.717) is 18.9 Å². The number of hydrogen-bond donors (Lipinski definition) is 2. The van der Waals surface area contributed by atoms with E-state index in [9.17, 15) is 13.6 Å². The second kappa shape index (κ2) is 8.43. The van der Waals surface area contributed by atoms with Crippen LogP contribution in [-0.4, -0.2) is 48.6 Å². The van der Waals surface area contributed by atoms with Crippen molar-refractivity contribution in [1.82, 2.24) is 4.90 Å². The lowest BCUT2D eigenvalue weighted by Gasteiger charge is -2.29. The molecule has 0 aromatic carbocycles. The Hall–Kier alpha value is -0.750. The van der Waals surface area contributed by atoms with Crippen LogP contribution in [0, 0.1) is 11.8 Å². The molecule has 0 aromatic rings. The fraction of sp³-hybridized carbons (Fsp3) is 0.923. The summed E-state index contributed by atoms with van der Waals surface area (Å²) < 4.78 is 24.7. The molecule has 3 N–H and O–H groups in total. The van der Waals surface area contributed by atoms with Crippen LogP contribution in [0.25, 0.3) is 0 Å². The molecule has 1 fully saturated rings. The third kappa shape index (κ3) is 5.82. The largest absolute Gasteiger partial charge is 0.395 e. The molecule has 19 heavy (non-hydrogen) atoms. The van der Waals surface area contributed by atoms with Crippen molar-refractivity contribution in [3.05, 3.63) is 0 Å². The summed E-state index contributed by atoms with van der Waals surface area (Å²) in [6.07, 6.45) is 1.67. The average Bonchev–Trinajstić information content (AvgIpc) is 2.38. The van der Waals surface area contributed by atoms with Crippen molar-refractivity contribution in [2.75, 3.05) is 26.2 Å². The molecule has 1 aliphatic carbocycles. The Morgan fingerprint density at radius 2 is 1.84 bits per heavy atom. The molecule has 0 unspecified atom stereocenters. The van der Waals surface area contributed by atoms with Crippen LogP contribution in [0.4, 0.5) is 8.78 Å². The predicted molar refractivity (Wildman–Crippen MR) is 68.8 cm³/mol. The van der Waals surface area contributed by atoms with E-state index in [2.05, 4.69) is 0 Å². The molecular formula is C13H24F2N2O2. The number of aliphatic hydroxyl groups is 1. The van der Waals surface area contributed by atoms with Gasteiger partial charge in [0.2, 0.25) is 5.91 Å². The molecule has 0 spiro atoms. The smallest absolute Gasteiger partial charge is 0.255 e. The highest BCUT2D eigenvalue weighted by Crippen LogP contribution is 2.30. The van der Waals surface area contributed by atoms with Crippen molar-refractivity contribution in [3.63, 3.8) is 0 Å². The van der Waals surface area contributed by atoms with E-state index in [1.807, 2.05) is 0 Å². The molecule has 4 nitrogen and oxygen atoms in total. The van der Waals surface area contributed by atoms with Gasteiger partial charge in [-0.3, -0.25) is 4.79 Å². The molecular weight excluding hydrogens is 254 g/mol. The van der Waals surface area contributed by atoms with E-state index in [1.165, 1.54) is 0 Å². The second-order valence-electron chi connectivity index (χ2n) is 5.28. The minimum atomic E-state index is -2.55. The number of nitrogens with zero attached hydrogens (tertiary/aromatic N) is 1. The summed E-state index contributed by atoms with van der Waals surface area (Å²) in [7, 11) is 0. The predicted octanol–water partition coefficient (Wildman–Crippen LogP) is 1.23. The third-order valence-corrected chi connectivity index (χ3v) is 3.84. The summed E-state index contributed by atoms with van der Waals surface area (Å²) in [6.45, 7) is -0.195. The zero-order chi connectivity index (χ0) is 14.3. The van der Waals surface area contributed by atoms with Gasteiger partial charge in [0.1, 0.15) is 0 Å². The standard InChI is InChI=1S/C13H24F2N2O2/c14-12(15)9-17(5-6-18)13(19)7-10-1-3-11(8-16)4-2-10/h10-12,18H,1-9,16H2. The van der Waals surface area contributed by atoms with Gasteiger partial charge in [0.05, 0.1) is 13.2 Å². The summed E-state index contributed by atoms with van der Waals surface area (Å²) in [5.74, 6) is 0.542. The van der Waals surface area contributed by atoms with E-state index in [4.69, 9.17) is 10.8 Å². The highest BCUT2D eigenvalue weighted by Gasteiger charge is 2.25. The highest BCUT2D eigenvalue weighted by atomic mass is 19.3. The molecule has 6 heteroatoms. The number of rotatable bonds is 7. The maximum Gasteiger partial charge on any atom is 0.255 e. The summed E-state index contributed by atoms with van der Waals surface area (Å²) in [5, 5.41) is 8.82. The quantitative estimate of drug-likeness (QED) is 0.736. The van der Waals surface area contributed by atoms with Crippen LogP contribution >= 0.6 is 0 Å². The second-order valence-corrected chi connectivity index (χ2v) is 5.28. The van der Waals surface area contributed by atoms with Crippen LogP contribution in [0.3, 0.4) is 0 Å². The number of amides is 1. The summed E-state index contributed by atoms with van der Waals surface area (Å²) in [6, 6.07) is 0. The van der Waals surface area contributed by atoms with Crippen molar-refractivity contribution < 1.29 is 18.7 Å². The lowest BCUT2D eigenvalue weighted by molar-refractivity contribution is -0.135. The number of hydrogen-bond acceptors (Lipinski definition) is 3. The number of aliphatic hydroxyl groups excluding tert-OH is 1. The van der Waals surface area contributed by atoms with Gasteiger partial charge in [0, 0.05) is 13.0 Å². The van der Waals surface area contributed by atoms with Crippen molar-refractivity contribution in [3.8, 4) is 0 Å². The van der Waals surface area contributed by atoms with Gasteiger partial charge in [-0.25, -0.2) is 8.78 Å². The number of nitrogens with two attached hydrogens (primary N) is 1. The van der Waals surface area contributed by atoms with Crippen molar-refractivity contribution in [2.45, 2.75) is 38.5 Å². The fourth-order valence-electron chi connectivity index (χ4n) is 2.65. The fourth-order valence-corrected chi connectivity index (χ4v) is 2.65. The van der Waals surface area contributed by atoms with Crippen molar-refractivity contribution in [1.29, 1.82) is 0 Å². The van der Waals surface area contributed by atoms with E-state index in [0.717, 1.165) is 30.6 Å². The first-order valence-corrected chi connectivity index (χ1v) is 6.93. The molecule has 0 saturated heterocycles. The van der Waals surface area contributed by atoms with Crippen molar-refractivity contribution >= 4 is 5.91 Å². The van der Waals surface area contributed by atoms with Crippen molar-refractivity contribution in [2.24, 2.45) is 17.6 Å². The molecule has 112 valence electrons. The van der Waals surface area contributed by atoms with Gasteiger partial charge in [-0.05, 0) is 44.1 Å². The Balaban J connectivity index is 2.39. The number of alkyl halides is 2. The van der Waals surface area contributed by atoms with Gasteiger partial charge in [-0.2, -0.15) is 0 Å². The number of carbonyl (C=O) groups is 1. The SMILES string of the molecule is NCC1CCC(CC(=O)N(CCO)CC(F)F)CC1. The zero-order valence-corrected chi connectivity index (χ0v) is 11.2. The summed E-state index contributed by atoms with van der Waals surface area (Å²) in [4.78, 5) is 13.0. The first-order chi connectivity index (χ1) is 9.06. The molecule has 0 atom stereocenters. The summed E-state index contributed by atoms with van der Waals surface area (Å²) >= 11 is 0. The Kier molecular flexibility index (Phi) is 7.23. The van der Waals surface area contributed by atoms with Crippen LogP contribution in [0.2, 0.25) is 0 Å². The van der Waals surface area contributed by atoms with Crippen LogP contribution in [0.5, 0.6) is 0 Å². The van der Waals surface area contributed by atoms with Crippen LogP contribution < -0.4 is 5.73 Å². The maximum atomic E-state index is 12.4. The minimum Gasteiger partial charge on any atom is -0.395 e. The number of halogens is 2. The topological polar surface area (TPSA) is 66.6 Å². The van der Waals surface area contributed by atoms with Gasteiger partial charge >= 0.3 is 0 Å². The first kappa shape index (κ1) is 16.3. The molecule has 0 aromatic heterocycles. The Morgan fingerprint density at radius 3 is 2.32 bits per heavy atom. The van der Waals surface area contributed by atoms with Gasteiger partial charge in [0.15, 0.2) is 0 Å². The lowest BCUT2D eigenvalue weighted by atomic mass is 9.80. The summed E-state index contributed by atoms with van der Waals surface area (Å²) in [5.41, 5.74) is 5.61. The Morgan fingerprint density at radius 1 is 1.26 bits per heavy atom. The zero-order valence-electron chi connectivity index (χ0n) is 11.2. The van der Waals surface area contributed by atoms with Crippen LogP contribution in [-0.2, 0) is 4.79 Å². The molecule has 0 bridgehead atoms. The molecule has 0 heterocycles. The molecule has 1 aliphatic rings. The molecule has 1 rings (SSSR count). The third-order valence-electron chi connectivity index (χ3n) is 3.84. The monoisotopic (exact) mass is 278 g/mol. The molecule has 0 radical (unpaired) electrons. The minimum absolute atomic E-state index is 0.0126. The van der Waals surface area contributed by atoms with Crippen LogP contribution in [0.1, 0.15) is 32.1 Å². The molecule has 0 aliphatic heterocycles. The average molecular weight is 278 g/mol. The Bertz CT molecular complexity index is 269. The lowest BCUT2D eigenvalue weighted by Crippen LogP contribution is -2.38. The van der Waals surface area contributed by atoms with E-state index < -0.39 is 13.0 Å². The Labute approximate surface area is 112 Å². The number of carbonyl (C=O) groups excluding carboxylic acids is 1. The van der Waals surface area contributed by atoms with Gasteiger partial charge in [-0.1, -0.05) is 0 Å². The van der Waals surface area contributed by atoms with Crippen LogP contribution in [0.15, 0.2) is 0 Å². The molecule has 1 saturated carbocycles. The first-order valence-electron chi connectivity index (χ1n) is 6.93. The normalized spacial score (nSPS) is 23.6. The molecule has 1 amide bonds. The van der Waals surface area contributed by atoms with E-state index in [1.54, 1.807) is 0 Å². The van der Waals surface area contributed by atoms with E-state index >= 15 is 0 Å². The van der Waals surface area contributed by atoms with Gasteiger partial charge in [-0.15, -0.1) is 0 Å². The van der Waals surface area contributed by atoms with Gasteiger partial charge < -0.3 is 15.7 Å². The highest BCUT2D eigenvalue weighted by molar-refractivity contribution is 5.76. The van der Waals surface area contributed by atoms with Gasteiger partial charge in [0.25, 0.3) is 6.43 Å². The van der Waals surface area contributed by atoms with E-state index in [-0.39, 0.29) is 25.0 Å². The maximum absolute atomic E-state index is 12.4.